The van der Waals surface area contributed by atoms with Gasteiger partial charge in [0.05, 0.1) is 0 Å². The van der Waals surface area contributed by atoms with Gasteiger partial charge in [-0.25, -0.2) is 0 Å². The third kappa shape index (κ3) is 4.59. The van der Waals surface area contributed by atoms with Crippen LogP contribution in [0.3, 0.4) is 0 Å². The predicted molar refractivity (Wildman–Crippen MR) is 73.7 cm³/mol. The van der Waals surface area contributed by atoms with E-state index >= 15 is 0 Å². The van der Waals surface area contributed by atoms with E-state index in [4.69, 9.17) is 12.2 Å². The largest absolute Gasteiger partial charge is 0.366 e. The Morgan fingerprint density at radius 1 is 1.25 bits per heavy atom. The molecule has 3 N–H and O–H groups in total. The molecule has 0 radical (unpaired) electrons. The summed E-state index contributed by atoms with van der Waals surface area (Å²) in [5.41, 5.74) is 2.28. The number of hydrogen-bond acceptors (Lipinski definition) is 2. The van der Waals surface area contributed by atoms with Crippen LogP contribution in [0.25, 0.3) is 0 Å². The molecule has 0 amide bonds. The van der Waals surface area contributed by atoms with E-state index in [1.54, 1.807) is 7.05 Å². The van der Waals surface area contributed by atoms with Gasteiger partial charge in [0.25, 0.3) is 0 Å². The zero-order chi connectivity index (χ0) is 12.0. The number of nitrogens with one attached hydrogen (secondary N) is 3. The second kappa shape index (κ2) is 6.45. The second-order valence-corrected chi connectivity index (χ2v) is 4.34. The van der Waals surface area contributed by atoms with Crippen molar-refractivity contribution in [2.75, 3.05) is 12.4 Å². The van der Waals surface area contributed by atoms with Crippen LogP contribution in [0.4, 0.5) is 5.69 Å². The predicted octanol–water partition coefficient (Wildman–Crippen LogP) is 2.10. The maximum absolute atomic E-state index is 5.02. The van der Waals surface area contributed by atoms with Crippen LogP contribution in [0.2, 0.25) is 0 Å². The van der Waals surface area contributed by atoms with Crippen LogP contribution in [0, 0.1) is 0 Å². The van der Waals surface area contributed by atoms with E-state index in [2.05, 4.69) is 41.9 Å². The van der Waals surface area contributed by atoms with Gasteiger partial charge in [-0.15, -0.1) is 0 Å². The summed E-state index contributed by atoms with van der Waals surface area (Å²) in [7, 11) is 1.80. The first-order valence-electron chi connectivity index (χ1n) is 5.43. The summed E-state index contributed by atoms with van der Waals surface area (Å²) >= 11 is 5.02. The highest BCUT2D eigenvalue weighted by atomic mass is 32.1. The van der Waals surface area contributed by atoms with Crippen LogP contribution < -0.4 is 16.0 Å². The van der Waals surface area contributed by atoms with Crippen molar-refractivity contribution >= 4 is 23.0 Å². The average Bonchev–Trinajstić information content (AvgIpc) is 2.28. The Bertz CT molecular complexity index is 333. The van der Waals surface area contributed by atoms with Gasteiger partial charge in [-0.3, -0.25) is 0 Å². The molecule has 0 saturated heterocycles. The lowest BCUT2D eigenvalue weighted by molar-refractivity contribution is 0.589. The van der Waals surface area contributed by atoms with Crippen LogP contribution >= 0.6 is 12.2 Å². The molecule has 16 heavy (non-hydrogen) atoms. The smallest absolute Gasteiger partial charge is 0.170 e. The van der Waals surface area contributed by atoms with Gasteiger partial charge < -0.3 is 16.0 Å². The zero-order valence-electron chi connectivity index (χ0n) is 10.0. The summed E-state index contributed by atoms with van der Waals surface area (Å²) < 4.78 is 0. The monoisotopic (exact) mass is 237 g/mol. The van der Waals surface area contributed by atoms with E-state index in [9.17, 15) is 0 Å². The van der Waals surface area contributed by atoms with Gasteiger partial charge >= 0.3 is 0 Å². The molecule has 0 saturated carbocycles. The molecule has 0 atom stereocenters. The van der Waals surface area contributed by atoms with Crippen LogP contribution in [-0.2, 0) is 6.54 Å². The molecule has 0 aliphatic carbocycles. The Hall–Kier alpha value is -1.13. The molecule has 0 spiro atoms. The number of benzene rings is 1. The van der Waals surface area contributed by atoms with Crippen molar-refractivity contribution < 1.29 is 0 Å². The fourth-order valence-electron chi connectivity index (χ4n) is 1.22. The van der Waals surface area contributed by atoms with Crippen LogP contribution in [0.1, 0.15) is 19.4 Å². The average molecular weight is 237 g/mol. The Balaban J connectivity index is 2.51. The standard InChI is InChI=1S/C12H19N3S/c1-9(2)14-8-10-4-6-11(7-5-10)15-12(16)13-3/h4-7,9,14H,8H2,1-3H3,(H2,13,15,16). The van der Waals surface area contributed by atoms with E-state index in [0.29, 0.717) is 11.2 Å². The van der Waals surface area contributed by atoms with Gasteiger partial charge in [0.1, 0.15) is 0 Å². The maximum Gasteiger partial charge on any atom is 0.170 e. The first-order chi connectivity index (χ1) is 7.61. The molecule has 1 rings (SSSR count). The highest BCUT2D eigenvalue weighted by Gasteiger charge is 1.97. The minimum atomic E-state index is 0.509. The first-order valence-corrected chi connectivity index (χ1v) is 5.83. The van der Waals surface area contributed by atoms with Crippen LogP contribution in [0.5, 0.6) is 0 Å². The van der Waals surface area contributed by atoms with Crippen molar-refractivity contribution in [3.05, 3.63) is 29.8 Å². The Labute approximate surface area is 103 Å². The first kappa shape index (κ1) is 12.9. The van der Waals surface area contributed by atoms with Gasteiger partial charge in [0.2, 0.25) is 0 Å². The van der Waals surface area contributed by atoms with E-state index in [0.717, 1.165) is 12.2 Å². The van der Waals surface area contributed by atoms with E-state index in [1.807, 2.05) is 12.1 Å². The molecule has 0 unspecified atom stereocenters. The van der Waals surface area contributed by atoms with Crippen LogP contribution in [-0.4, -0.2) is 18.2 Å². The van der Waals surface area contributed by atoms with Gasteiger partial charge in [-0.05, 0) is 29.9 Å². The SMILES string of the molecule is CNC(=S)Nc1ccc(CNC(C)C)cc1. The summed E-state index contributed by atoms with van der Waals surface area (Å²) in [6.07, 6.45) is 0. The van der Waals surface area contributed by atoms with Crippen molar-refractivity contribution in [2.24, 2.45) is 0 Å². The van der Waals surface area contributed by atoms with Crippen molar-refractivity contribution in [3.8, 4) is 0 Å². The normalized spacial score (nSPS) is 10.2. The molecule has 0 aliphatic heterocycles. The lowest BCUT2D eigenvalue weighted by Crippen LogP contribution is -2.24. The van der Waals surface area contributed by atoms with Crippen molar-refractivity contribution in [3.63, 3.8) is 0 Å². The van der Waals surface area contributed by atoms with E-state index in [-0.39, 0.29) is 0 Å². The molecule has 1 aromatic carbocycles. The third-order valence-corrected chi connectivity index (χ3v) is 2.46. The summed E-state index contributed by atoms with van der Waals surface area (Å²) in [6, 6.07) is 8.75. The number of hydrogen-bond donors (Lipinski definition) is 3. The lowest BCUT2D eigenvalue weighted by atomic mass is 10.2. The molecular formula is C12H19N3S. The number of rotatable bonds is 4. The van der Waals surface area contributed by atoms with Crippen LogP contribution in [0.15, 0.2) is 24.3 Å². The summed E-state index contributed by atoms with van der Waals surface area (Å²) in [6.45, 7) is 5.18. The fraction of sp³-hybridized carbons (Fsp3) is 0.417. The maximum atomic E-state index is 5.02. The minimum absolute atomic E-state index is 0.509. The molecule has 4 heteroatoms. The summed E-state index contributed by atoms with van der Waals surface area (Å²) in [5, 5.41) is 9.97. The molecule has 0 bridgehead atoms. The highest BCUT2D eigenvalue weighted by Crippen LogP contribution is 2.09. The van der Waals surface area contributed by atoms with Gasteiger partial charge in [0.15, 0.2) is 5.11 Å². The van der Waals surface area contributed by atoms with Crippen molar-refractivity contribution in [1.82, 2.24) is 10.6 Å². The van der Waals surface area contributed by atoms with Crippen molar-refractivity contribution in [2.45, 2.75) is 26.4 Å². The molecule has 0 aliphatic rings. The minimum Gasteiger partial charge on any atom is -0.366 e. The molecule has 88 valence electrons. The second-order valence-electron chi connectivity index (χ2n) is 3.94. The Morgan fingerprint density at radius 3 is 2.38 bits per heavy atom. The third-order valence-electron chi connectivity index (χ3n) is 2.15. The van der Waals surface area contributed by atoms with Gasteiger partial charge in [0, 0.05) is 25.3 Å². The fourth-order valence-corrected chi connectivity index (χ4v) is 1.34. The summed E-state index contributed by atoms with van der Waals surface area (Å²) in [5.74, 6) is 0. The Morgan fingerprint density at radius 2 is 1.88 bits per heavy atom. The van der Waals surface area contributed by atoms with Gasteiger partial charge in [-0.1, -0.05) is 26.0 Å². The quantitative estimate of drug-likeness (QED) is 0.701. The lowest BCUT2D eigenvalue weighted by Gasteiger charge is -2.10. The van der Waals surface area contributed by atoms with Gasteiger partial charge in [-0.2, -0.15) is 0 Å². The Kier molecular flexibility index (Phi) is 5.22. The number of anilines is 1. The molecule has 0 fully saturated rings. The number of thiocarbonyl (C=S) groups is 1. The molecule has 1 aromatic rings. The molecule has 3 nitrogen and oxygen atoms in total. The van der Waals surface area contributed by atoms with Crippen molar-refractivity contribution in [1.29, 1.82) is 0 Å². The molecular weight excluding hydrogens is 218 g/mol. The molecule has 0 heterocycles. The topological polar surface area (TPSA) is 36.1 Å². The van der Waals surface area contributed by atoms with E-state index in [1.165, 1.54) is 5.56 Å². The highest BCUT2D eigenvalue weighted by molar-refractivity contribution is 7.80. The summed E-state index contributed by atoms with van der Waals surface area (Å²) in [4.78, 5) is 0. The zero-order valence-corrected chi connectivity index (χ0v) is 10.8. The van der Waals surface area contributed by atoms with E-state index < -0.39 is 0 Å². The molecule has 0 aromatic heterocycles.